The van der Waals surface area contributed by atoms with Crippen LogP contribution in [0.25, 0.3) is 11.1 Å². The van der Waals surface area contributed by atoms with Crippen molar-refractivity contribution in [2.45, 2.75) is 44.9 Å². The summed E-state index contributed by atoms with van der Waals surface area (Å²) in [4.78, 5) is 10.3. The number of hydrogen-bond acceptors (Lipinski definition) is 6. The molecule has 4 rings (SSSR count). The number of unbranched alkanes of at least 4 members (excludes halogenated alkanes) is 6. The lowest BCUT2D eigenvalue weighted by molar-refractivity contribution is -0.384. The van der Waals surface area contributed by atoms with Gasteiger partial charge in [-0.3, -0.25) is 10.1 Å². The van der Waals surface area contributed by atoms with Crippen LogP contribution in [-0.2, 0) is 0 Å². The molecule has 9 heteroatoms. The molecule has 4 aromatic rings. The van der Waals surface area contributed by atoms with Crippen molar-refractivity contribution in [1.82, 2.24) is 0 Å². The Labute approximate surface area is 244 Å². The van der Waals surface area contributed by atoms with Crippen LogP contribution in [0, 0.1) is 21.7 Å². The zero-order chi connectivity index (χ0) is 29.6. The molecule has 0 aliphatic carbocycles. The molecule has 0 spiro atoms. The van der Waals surface area contributed by atoms with Crippen molar-refractivity contribution in [3.8, 4) is 22.6 Å². The second-order valence-electron chi connectivity index (χ2n) is 9.79. The fraction of sp³-hybridized carbons (Fsp3) is 0.273. The topological polar surface area (TPSA) is 86.3 Å². The molecule has 0 N–H and O–H groups in total. The van der Waals surface area contributed by atoms with Gasteiger partial charge in [-0.05, 0) is 79.1 Å². The lowest BCUT2D eigenvalue weighted by Crippen LogP contribution is -1.98. The highest BCUT2D eigenvalue weighted by Gasteiger charge is 2.07. The molecule has 0 aliphatic rings. The van der Waals surface area contributed by atoms with Gasteiger partial charge in [-0.15, -0.1) is 0 Å². The van der Waals surface area contributed by atoms with Gasteiger partial charge in [-0.25, -0.2) is 8.78 Å². The normalized spacial score (nSPS) is 11.1. The Morgan fingerprint density at radius 2 is 1.12 bits per heavy atom. The van der Waals surface area contributed by atoms with Crippen molar-refractivity contribution < 1.29 is 23.2 Å². The molecule has 0 heterocycles. The van der Waals surface area contributed by atoms with E-state index in [2.05, 4.69) is 10.2 Å². The molecule has 0 fully saturated rings. The zero-order valence-corrected chi connectivity index (χ0v) is 23.3. The Hall–Kier alpha value is -4.66. The van der Waals surface area contributed by atoms with Crippen LogP contribution in [0.2, 0.25) is 0 Å². The lowest BCUT2D eigenvalue weighted by atomic mass is 10.1. The lowest BCUT2D eigenvalue weighted by Gasteiger charge is -2.09. The highest BCUT2D eigenvalue weighted by molar-refractivity contribution is 5.64. The molecule has 0 bridgehead atoms. The molecule has 0 atom stereocenters. The molecule has 7 nitrogen and oxygen atoms in total. The van der Waals surface area contributed by atoms with E-state index in [0.717, 1.165) is 50.7 Å². The van der Waals surface area contributed by atoms with Crippen LogP contribution in [0.1, 0.15) is 44.9 Å². The zero-order valence-electron chi connectivity index (χ0n) is 23.3. The van der Waals surface area contributed by atoms with Crippen molar-refractivity contribution >= 4 is 17.1 Å². The molecular weight excluding hydrogens is 540 g/mol. The predicted octanol–water partition coefficient (Wildman–Crippen LogP) is 10.1. The second-order valence-corrected chi connectivity index (χ2v) is 9.79. The molecule has 0 aromatic heterocycles. The van der Waals surface area contributed by atoms with Crippen LogP contribution in [0.3, 0.4) is 0 Å². The highest BCUT2D eigenvalue weighted by Crippen LogP contribution is 2.27. The Bertz CT molecular complexity index is 1440. The molecule has 0 saturated heterocycles. The van der Waals surface area contributed by atoms with Crippen molar-refractivity contribution in [2.24, 2.45) is 10.2 Å². The van der Waals surface area contributed by atoms with Gasteiger partial charge >= 0.3 is 0 Å². The van der Waals surface area contributed by atoms with Gasteiger partial charge in [0.15, 0.2) is 0 Å². The van der Waals surface area contributed by atoms with Crippen LogP contribution in [0.5, 0.6) is 11.5 Å². The highest BCUT2D eigenvalue weighted by atomic mass is 19.1. The molecule has 0 amide bonds. The fourth-order valence-electron chi connectivity index (χ4n) is 4.28. The Morgan fingerprint density at radius 1 is 0.619 bits per heavy atom. The predicted molar refractivity (Wildman–Crippen MR) is 159 cm³/mol. The minimum Gasteiger partial charge on any atom is -0.494 e. The molecule has 0 aliphatic heterocycles. The van der Waals surface area contributed by atoms with Crippen LogP contribution >= 0.6 is 0 Å². The summed E-state index contributed by atoms with van der Waals surface area (Å²) in [5.74, 6) is 0.537. The maximum absolute atomic E-state index is 14.5. The Kier molecular flexibility index (Phi) is 11.5. The van der Waals surface area contributed by atoms with Crippen molar-refractivity contribution in [2.75, 3.05) is 13.2 Å². The molecule has 0 saturated carbocycles. The average molecular weight is 574 g/mol. The minimum atomic E-state index is -0.453. The first-order valence-electron chi connectivity index (χ1n) is 14.1. The SMILES string of the molecule is O=[N+]([O-])c1ccc(N=Nc2ccc(OCCCCCCCCCOc3ccc(-c4ccc(F)cc4)c(F)c3)cc2)cc1. The number of nitro benzene ring substituents is 1. The number of rotatable bonds is 16. The third-order valence-electron chi connectivity index (χ3n) is 6.60. The number of nitro groups is 1. The van der Waals surface area contributed by atoms with Gasteiger partial charge in [-0.1, -0.05) is 44.2 Å². The van der Waals surface area contributed by atoms with E-state index in [0.29, 0.717) is 41.5 Å². The number of benzene rings is 4. The largest absolute Gasteiger partial charge is 0.494 e. The molecule has 218 valence electrons. The number of azo groups is 1. The van der Waals surface area contributed by atoms with Gasteiger partial charge in [-0.2, -0.15) is 10.2 Å². The van der Waals surface area contributed by atoms with Crippen LogP contribution < -0.4 is 9.47 Å². The summed E-state index contributed by atoms with van der Waals surface area (Å²) in [5, 5.41) is 19.0. The van der Waals surface area contributed by atoms with E-state index in [9.17, 15) is 18.9 Å². The van der Waals surface area contributed by atoms with E-state index in [1.807, 2.05) is 24.3 Å². The third-order valence-corrected chi connectivity index (χ3v) is 6.60. The van der Waals surface area contributed by atoms with Crippen LogP contribution in [0.4, 0.5) is 25.8 Å². The standard InChI is InChI=1S/C33H33F2N3O4/c34-26-10-8-25(9-11-26)32-21-20-31(24-33(32)35)42-23-7-5-3-1-2-4-6-22-41-30-18-14-28(15-19-30)37-36-27-12-16-29(17-13-27)38(39)40/h8-21,24H,1-7,22-23H2. The number of nitrogens with zero attached hydrogens (tertiary/aromatic N) is 3. The smallest absolute Gasteiger partial charge is 0.269 e. The van der Waals surface area contributed by atoms with Gasteiger partial charge in [0.2, 0.25) is 0 Å². The Balaban J connectivity index is 1.02. The van der Waals surface area contributed by atoms with Crippen molar-refractivity contribution in [1.29, 1.82) is 0 Å². The van der Waals surface area contributed by atoms with Gasteiger partial charge in [0.1, 0.15) is 23.1 Å². The summed E-state index contributed by atoms with van der Waals surface area (Å²) in [6.07, 6.45) is 7.45. The first-order chi connectivity index (χ1) is 20.5. The maximum Gasteiger partial charge on any atom is 0.269 e. The van der Waals surface area contributed by atoms with E-state index in [1.54, 1.807) is 36.4 Å². The molecule has 4 aromatic carbocycles. The molecule has 42 heavy (non-hydrogen) atoms. The van der Waals surface area contributed by atoms with Crippen molar-refractivity contribution in [3.63, 3.8) is 0 Å². The van der Waals surface area contributed by atoms with Gasteiger partial charge < -0.3 is 9.47 Å². The molecular formula is C33H33F2N3O4. The minimum absolute atomic E-state index is 0.0147. The van der Waals surface area contributed by atoms with Gasteiger partial charge in [0, 0.05) is 23.8 Å². The molecule has 0 radical (unpaired) electrons. The Morgan fingerprint density at radius 3 is 1.67 bits per heavy atom. The fourth-order valence-corrected chi connectivity index (χ4v) is 4.28. The van der Waals surface area contributed by atoms with E-state index in [1.165, 1.54) is 30.3 Å². The number of halogens is 2. The summed E-state index contributed by atoms with van der Waals surface area (Å²) in [6.45, 7) is 1.19. The van der Waals surface area contributed by atoms with Crippen molar-refractivity contribution in [3.05, 3.63) is 113 Å². The summed E-state index contributed by atoms with van der Waals surface area (Å²) < 4.78 is 39.1. The number of hydrogen-bond donors (Lipinski definition) is 0. The van der Waals surface area contributed by atoms with E-state index < -0.39 is 4.92 Å². The average Bonchev–Trinajstić information content (AvgIpc) is 3.00. The number of non-ortho nitro benzene ring substituents is 1. The summed E-state index contributed by atoms with van der Waals surface area (Å²) in [5.41, 5.74) is 2.27. The van der Waals surface area contributed by atoms with Crippen LogP contribution in [-0.4, -0.2) is 18.1 Å². The van der Waals surface area contributed by atoms with E-state index in [-0.39, 0.29) is 17.3 Å². The first kappa shape index (κ1) is 30.3. The summed E-state index contributed by atoms with van der Waals surface area (Å²) >= 11 is 0. The van der Waals surface area contributed by atoms with Gasteiger partial charge in [0.25, 0.3) is 5.69 Å². The number of ether oxygens (including phenoxy) is 2. The third kappa shape index (κ3) is 9.76. The summed E-state index contributed by atoms with van der Waals surface area (Å²) in [7, 11) is 0. The monoisotopic (exact) mass is 573 g/mol. The quantitative estimate of drug-likeness (QED) is 0.0577. The van der Waals surface area contributed by atoms with E-state index >= 15 is 0 Å². The maximum atomic E-state index is 14.5. The second kappa shape index (κ2) is 16.0. The van der Waals surface area contributed by atoms with E-state index in [4.69, 9.17) is 9.47 Å². The van der Waals surface area contributed by atoms with Gasteiger partial charge in [0.05, 0.1) is 29.5 Å². The van der Waals surface area contributed by atoms with Crippen LogP contribution in [0.15, 0.2) is 101 Å². The first-order valence-corrected chi connectivity index (χ1v) is 14.1. The molecule has 0 unspecified atom stereocenters. The summed E-state index contributed by atoms with van der Waals surface area (Å²) in [6, 6.07) is 23.8.